The Bertz CT molecular complexity index is 133. The highest BCUT2D eigenvalue weighted by Gasteiger charge is 2.03. The average molecular weight is 182 g/mol. The topological polar surface area (TPSA) is 0 Å². The zero-order valence-electron chi connectivity index (χ0n) is 9.90. The van der Waals surface area contributed by atoms with E-state index in [2.05, 4.69) is 33.8 Å². The van der Waals surface area contributed by atoms with Crippen LogP contribution in [-0.4, -0.2) is 0 Å². The quantitative estimate of drug-likeness (QED) is 0.489. The van der Waals surface area contributed by atoms with Crippen LogP contribution < -0.4 is 0 Å². The average Bonchev–Trinajstić information content (AvgIpc) is 2.17. The van der Waals surface area contributed by atoms with Gasteiger partial charge in [-0.25, -0.2) is 0 Å². The van der Waals surface area contributed by atoms with E-state index in [-0.39, 0.29) is 0 Å². The molecule has 0 aliphatic heterocycles. The van der Waals surface area contributed by atoms with E-state index in [0.29, 0.717) is 0 Å². The minimum atomic E-state index is 0.932. The normalized spacial score (nSPS) is 14.6. The van der Waals surface area contributed by atoms with Crippen molar-refractivity contribution in [1.29, 1.82) is 0 Å². The molecule has 0 saturated carbocycles. The van der Waals surface area contributed by atoms with Crippen LogP contribution >= 0.6 is 0 Å². The molecule has 0 aliphatic rings. The van der Waals surface area contributed by atoms with Gasteiger partial charge in [-0.3, -0.25) is 0 Å². The molecule has 0 saturated heterocycles. The number of hydrogen-bond donors (Lipinski definition) is 0. The summed E-state index contributed by atoms with van der Waals surface area (Å²) >= 11 is 0. The largest absolute Gasteiger partial charge is 0.0853 e. The van der Waals surface area contributed by atoms with Gasteiger partial charge in [0.25, 0.3) is 0 Å². The van der Waals surface area contributed by atoms with Crippen molar-refractivity contribution in [3.05, 3.63) is 11.6 Å². The lowest BCUT2D eigenvalue weighted by molar-refractivity contribution is 0.455. The van der Waals surface area contributed by atoms with Gasteiger partial charge >= 0.3 is 0 Å². The molecule has 0 aromatic rings. The molecule has 0 bridgehead atoms. The molecule has 0 nitrogen and oxygen atoms in total. The molecule has 0 rings (SSSR count). The number of hydrogen-bond acceptors (Lipinski definition) is 0. The predicted octanol–water partition coefficient (Wildman–Crippen LogP) is 4.95. The van der Waals surface area contributed by atoms with Crippen LogP contribution in [0.4, 0.5) is 0 Å². The van der Waals surface area contributed by atoms with E-state index >= 15 is 0 Å². The van der Waals surface area contributed by atoms with E-state index in [0.717, 1.165) is 5.92 Å². The van der Waals surface area contributed by atoms with E-state index in [4.69, 9.17) is 0 Å². The Kier molecular flexibility index (Phi) is 8.18. The molecule has 0 heterocycles. The highest BCUT2D eigenvalue weighted by Crippen LogP contribution is 2.18. The van der Waals surface area contributed by atoms with Crippen molar-refractivity contribution in [2.45, 2.75) is 66.2 Å². The van der Waals surface area contributed by atoms with Crippen molar-refractivity contribution >= 4 is 0 Å². The summed E-state index contributed by atoms with van der Waals surface area (Å²) in [5.41, 5.74) is 1.55. The molecule has 0 spiro atoms. The van der Waals surface area contributed by atoms with Gasteiger partial charge in [-0.1, -0.05) is 58.1 Å². The summed E-state index contributed by atoms with van der Waals surface area (Å²) in [6.45, 7) is 9.07. The second-order valence-electron chi connectivity index (χ2n) is 4.06. The standard InChI is InChI=1S/C13H26/c1-5-8-9-13(7-3)11-10-12(4)6-2/h10,13H,5-9,11H2,1-4H3. The van der Waals surface area contributed by atoms with Crippen LogP contribution in [-0.2, 0) is 0 Å². The predicted molar refractivity (Wildman–Crippen MR) is 62.0 cm³/mol. The third-order valence-corrected chi connectivity index (χ3v) is 2.90. The molecule has 0 aliphatic carbocycles. The van der Waals surface area contributed by atoms with Crippen LogP contribution in [0, 0.1) is 5.92 Å². The van der Waals surface area contributed by atoms with E-state index in [9.17, 15) is 0 Å². The summed E-state index contributed by atoms with van der Waals surface area (Å²) in [6.07, 6.45) is 10.4. The Balaban J connectivity index is 3.70. The lowest BCUT2D eigenvalue weighted by Gasteiger charge is -2.11. The molecule has 0 heteroatoms. The molecular formula is C13H26. The van der Waals surface area contributed by atoms with E-state index in [1.807, 2.05) is 0 Å². The second kappa shape index (κ2) is 8.34. The Hall–Kier alpha value is -0.260. The summed E-state index contributed by atoms with van der Waals surface area (Å²) in [4.78, 5) is 0. The molecule has 1 unspecified atom stereocenters. The first-order chi connectivity index (χ1) is 6.24. The van der Waals surface area contributed by atoms with Gasteiger partial charge in [-0.15, -0.1) is 0 Å². The van der Waals surface area contributed by atoms with Crippen molar-refractivity contribution in [3.8, 4) is 0 Å². The molecule has 0 aromatic heterocycles. The number of allylic oxidation sites excluding steroid dienone is 2. The molecular weight excluding hydrogens is 156 g/mol. The van der Waals surface area contributed by atoms with Crippen LogP contribution in [0.2, 0.25) is 0 Å². The van der Waals surface area contributed by atoms with Gasteiger partial charge in [-0.2, -0.15) is 0 Å². The lowest BCUT2D eigenvalue weighted by Crippen LogP contribution is -1.97. The maximum Gasteiger partial charge on any atom is -0.0320 e. The fraction of sp³-hybridized carbons (Fsp3) is 0.846. The van der Waals surface area contributed by atoms with Crippen molar-refractivity contribution in [2.75, 3.05) is 0 Å². The fourth-order valence-corrected chi connectivity index (χ4v) is 1.49. The van der Waals surface area contributed by atoms with Gasteiger partial charge in [0.05, 0.1) is 0 Å². The highest BCUT2D eigenvalue weighted by atomic mass is 14.1. The molecule has 0 aromatic carbocycles. The maximum atomic E-state index is 2.43. The SMILES string of the molecule is CCCCC(CC)CC=C(C)CC. The summed E-state index contributed by atoms with van der Waals surface area (Å²) < 4.78 is 0. The van der Waals surface area contributed by atoms with Gasteiger partial charge in [-0.05, 0) is 25.7 Å². The van der Waals surface area contributed by atoms with Crippen LogP contribution in [0.25, 0.3) is 0 Å². The summed E-state index contributed by atoms with van der Waals surface area (Å²) in [6, 6.07) is 0. The molecule has 78 valence electrons. The van der Waals surface area contributed by atoms with Crippen molar-refractivity contribution in [3.63, 3.8) is 0 Å². The molecule has 0 amide bonds. The first-order valence-electron chi connectivity index (χ1n) is 5.90. The minimum absolute atomic E-state index is 0.932. The lowest BCUT2D eigenvalue weighted by atomic mass is 9.95. The van der Waals surface area contributed by atoms with Crippen molar-refractivity contribution in [2.24, 2.45) is 5.92 Å². The van der Waals surface area contributed by atoms with Crippen LogP contribution in [0.1, 0.15) is 66.2 Å². The second-order valence-corrected chi connectivity index (χ2v) is 4.06. The van der Waals surface area contributed by atoms with E-state index < -0.39 is 0 Å². The Morgan fingerprint density at radius 3 is 2.38 bits per heavy atom. The van der Waals surface area contributed by atoms with E-state index in [1.165, 1.54) is 38.5 Å². The van der Waals surface area contributed by atoms with Gasteiger partial charge in [0.15, 0.2) is 0 Å². The van der Waals surface area contributed by atoms with Crippen molar-refractivity contribution < 1.29 is 0 Å². The Labute approximate surface area is 84.4 Å². The summed E-state index contributed by atoms with van der Waals surface area (Å²) in [5.74, 6) is 0.932. The summed E-state index contributed by atoms with van der Waals surface area (Å²) in [5, 5.41) is 0. The fourth-order valence-electron chi connectivity index (χ4n) is 1.49. The summed E-state index contributed by atoms with van der Waals surface area (Å²) in [7, 11) is 0. The van der Waals surface area contributed by atoms with Gasteiger partial charge in [0, 0.05) is 0 Å². The maximum absolute atomic E-state index is 2.43. The third-order valence-electron chi connectivity index (χ3n) is 2.90. The minimum Gasteiger partial charge on any atom is -0.0853 e. The van der Waals surface area contributed by atoms with Crippen molar-refractivity contribution in [1.82, 2.24) is 0 Å². The van der Waals surface area contributed by atoms with Crippen LogP contribution in [0.5, 0.6) is 0 Å². The van der Waals surface area contributed by atoms with Crippen LogP contribution in [0.3, 0.4) is 0 Å². The first-order valence-corrected chi connectivity index (χ1v) is 5.90. The van der Waals surface area contributed by atoms with E-state index in [1.54, 1.807) is 5.57 Å². The highest BCUT2D eigenvalue weighted by molar-refractivity contribution is 4.97. The molecule has 0 radical (unpaired) electrons. The zero-order chi connectivity index (χ0) is 10.1. The molecule has 0 fully saturated rings. The number of rotatable bonds is 7. The molecule has 0 N–H and O–H groups in total. The third kappa shape index (κ3) is 6.86. The Morgan fingerprint density at radius 2 is 1.92 bits per heavy atom. The van der Waals surface area contributed by atoms with Crippen LogP contribution in [0.15, 0.2) is 11.6 Å². The molecule has 1 atom stereocenters. The number of unbranched alkanes of at least 4 members (excludes halogenated alkanes) is 1. The van der Waals surface area contributed by atoms with Gasteiger partial charge in [0.1, 0.15) is 0 Å². The monoisotopic (exact) mass is 182 g/mol. The zero-order valence-corrected chi connectivity index (χ0v) is 9.90. The van der Waals surface area contributed by atoms with Gasteiger partial charge in [0.2, 0.25) is 0 Å². The Morgan fingerprint density at radius 1 is 1.23 bits per heavy atom. The first kappa shape index (κ1) is 12.7. The molecule has 13 heavy (non-hydrogen) atoms. The smallest absolute Gasteiger partial charge is 0.0320 e. The van der Waals surface area contributed by atoms with Gasteiger partial charge < -0.3 is 0 Å².